The van der Waals surface area contributed by atoms with Crippen molar-refractivity contribution >= 4 is 17.2 Å². The molecular weight excluding hydrogens is 234 g/mol. The van der Waals surface area contributed by atoms with Crippen LogP contribution in [0.15, 0.2) is 29.8 Å². The summed E-state index contributed by atoms with van der Waals surface area (Å²) in [6, 6.07) is 5.53. The molecule has 2 aromatic heterocycles. The molecule has 84 valence electrons. The van der Waals surface area contributed by atoms with Gasteiger partial charge in [-0.1, -0.05) is 6.07 Å². The molecule has 4 nitrogen and oxygen atoms in total. The molecule has 0 aromatic carbocycles. The molecule has 2 heterocycles. The first-order chi connectivity index (χ1) is 8.29. The van der Waals surface area contributed by atoms with E-state index < -0.39 is 0 Å². The van der Waals surface area contributed by atoms with Gasteiger partial charge in [-0.2, -0.15) is 0 Å². The zero-order valence-corrected chi connectivity index (χ0v) is 9.70. The molecule has 0 radical (unpaired) electrons. The SMILES string of the molecule is C#Cc1nc(C(=O)NCc2ccccn2)cs1. The molecule has 0 atom stereocenters. The van der Waals surface area contributed by atoms with E-state index in [1.807, 2.05) is 18.2 Å². The van der Waals surface area contributed by atoms with Crippen LogP contribution in [-0.2, 0) is 6.54 Å². The Labute approximate surface area is 103 Å². The topological polar surface area (TPSA) is 54.9 Å². The van der Waals surface area contributed by atoms with Gasteiger partial charge in [-0.25, -0.2) is 4.98 Å². The number of nitrogens with zero attached hydrogens (tertiary/aromatic N) is 2. The van der Waals surface area contributed by atoms with Crippen molar-refractivity contribution in [1.82, 2.24) is 15.3 Å². The molecule has 0 saturated heterocycles. The highest BCUT2D eigenvalue weighted by Gasteiger charge is 2.09. The minimum Gasteiger partial charge on any atom is -0.345 e. The molecule has 1 amide bonds. The summed E-state index contributed by atoms with van der Waals surface area (Å²) in [4.78, 5) is 19.8. The maximum atomic E-state index is 11.7. The number of carbonyl (C=O) groups is 1. The minimum atomic E-state index is -0.242. The van der Waals surface area contributed by atoms with Crippen LogP contribution in [0.2, 0.25) is 0 Å². The average Bonchev–Trinajstić information content (AvgIpc) is 2.86. The van der Waals surface area contributed by atoms with Gasteiger partial charge in [-0.15, -0.1) is 17.8 Å². The first-order valence-electron chi connectivity index (χ1n) is 4.90. The average molecular weight is 243 g/mol. The van der Waals surface area contributed by atoms with Crippen LogP contribution in [0.3, 0.4) is 0 Å². The lowest BCUT2D eigenvalue weighted by Gasteiger charge is -2.01. The van der Waals surface area contributed by atoms with Crippen molar-refractivity contribution in [3.8, 4) is 12.3 Å². The highest BCUT2D eigenvalue weighted by atomic mass is 32.1. The number of thiazole rings is 1. The molecule has 0 spiro atoms. The molecule has 2 aromatic rings. The van der Waals surface area contributed by atoms with E-state index in [0.717, 1.165) is 5.69 Å². The van der Waals surface area contributed by atoms with Crippen LogP contribution in [0.1, 0.15) is 21.2 Å². The third kappa shape index (κ3) is 2.89. The Balaban J connectivity index is 1.96. The fourth-order valence-corrected chi connectivity index (χ4v) is 1.81. The van der Waals surface area contributed by atoms with E-state index in [1.54, 1.807) is 11.6 Å². The number of carbonyl (C=O) groups excluding carboxylic acids is 1. The van der Waals surface area contributed by atoms with Crippen molar-refractivity contribution in [2.45, 2.75) is 6.54 Å². The Kier molecular flexibility index (Phi) is 3.48. The number of hydrogen-bond donors (Lipinski definition) is 1. The maximum Gasteiger partial charge on any atom is 0.271 e. The smallest absolute Gasteiger partial charge is 0.271 e. The van der Waals surface area contributed by atoms with Crippen molar-refractivity contribution in [3.05, 3.63) is 46.2 Å². The van der Waals surface area contributed by atoms with Crippen LogP contribution in [0.25, 0.3) is 0 Å². The zero-order valence-electron chi connectivity index (χ0n) is 8.88. The molecule has 0 fully saturated rings. The van der Waals surface area contributed by atoms with Gasteiger partial charge in [-0.3, -0.25) is 9.78 Å². The molecule has 17 heavy (non-hydrogen) atoms. The predicted molar refractivity (Wildman–Crippen MR) is 65.5 cm³/mol. The first-order valence-corrected chi connectivity index (χ1v) is 5.78. The second-order valence-electron chi connectivity index (χ2n) is 3.19. The second-order valence-corrected chi connectivity index (χ2v) is 4.04. The summed E-state index contributed by atoms with van der Waals surface area (Å²) < 4.78 is 0. The van der Waals surface area contributed by atoms with Crippen LogP contribution in [-0.4, -0.2) is 15.9 Å². The van der Waals surface area contributed by atoms with Gasteiger partial charge in [0, 0.05) is 11.6 Å². The van der Waals surface area contributed by atoms with E-state index in [4.69, 9.17) is 6.42 Å². The first kappa shape index (κ1) is 11.3. The third-order valence-electron chi connectivity index (χ3n) is 2.02. The molecule has 2 rings (SSSR count). The number of aromatic nitrogens is 2. The van der Waals surface area contributed by atoms with Crippen LogP contribution >= 0.6 is 11.3 Å². The number of nitrogens with one attached hydrogen (secondary N) is 1. The van der Waals surface area contributed by atoms with Crippen molar-refractivity contribution in [1.29, 1.82) is 0 Å². The van der Waals surface area contributed by atoms with Gasteiger partial charge in [0.05, 0.1) is 12.2 Å². The summed E-state index contributed by atoms with van der Waals surface area (Å²) in [7, 11) is 0. The number of terminal acetylenes is 1. The molecular formula is C12H9N3OS. The maximum absolute atomic E-state index is 11.7. The Morgan fingerprint density at radius 3 is 3.06 bits per heavy atom. The van der Waals surface area contributed by atoms with Crippen LogP contribution in [0, 0.1) is 12.3 Å². The molecule has 0 aliphatic rings. The number of pyridine rings is 1. The van der Waals surface area contributed by atoms with E-state index in [1.165, 1.54) is 11.3 Å². The highest BCUT2D eigenvalue weighted by molar-refractivity contribution is 7.10. The van der Waals surface area contributed by atoms with Crippen molar-refractivity contribution < 1.29 is 4.79 Å². The van der Waals surface area contributed by atoms with Crippen molar-refractivity contribution in [2.24, 2.45) is 0 Å². The van der Waals surface area contributed by atoms with E-state index in [2.05, 4.69) is 21.2 Å². The van der Waals surface area contributed by atoms with E-state index in [-0.39, 0.29) is 5.91 Å². The van der Waals surface area contributed by atoms with Gasteiger partial charge < -0.3 is 5.32 Å². The molecule has 0 saturated carbocycles. The Morgan fingerprint density at radius 1 is 1.53 bits per heavy atom. The molecule has 5 heteroatoms. The summed E-state index contributed by atoms with van der Waals surface area (Å²) in [5.41, 5.74) is 1.15. The molecule has 0 aliphatic heterocycles. The largest absolute Gasteiger partial charge is 0.345 e. The van der Waals surface area contributed by atoms with Gasteiger partial charge in [0.25, 0.3) is 5.91 Å². The molecule has 1 N–H and O–H groups in total. The zero-order chi connectivity index (χ0) is 12.1. The predicted octanol–water partition coefficient (Wildman–Crippen LogP) is 1.45. The molecule has 0 bridgehead atoms. The van der Waals surface area contributed by atoms with Gasteiger partial charge in [0.15, 0.2) is 5.01 Å². The fraction of sp³-hybridized carbons (Fsp3) is 0.0833. The van der Waals surface area contributed by atoms with E-state index >= 15 is 0 Å². The summed E-state index contributed by atoms with van der Waals surface area (Å²) in [6.07, 6.45) is 6.87. The fourth-order valence-electron chi connectivity index (χ4n) is 1.21. The summed E-state index contributed by atoms with van der Waals surface area (Å²) in [5, 5.41) is 4.88. The quantitative estimate of drug-likeness (QED) is 0.830. The summed E-state index contributed by atoms with van der Waals surface area (Å²) in [5.74, 6) is 2.15. The lowest BCUT2D eigenvalue weighted by molar-refractivity contribution is 0.0946. The van der Waals surface area contributed by atoms with E-state index in [9.17, 15) is 4.79 Å². The van der Waals surface area contributed by atoms with Gasteiger partial charge in [-0.05, 0) is 18.1 Å². The number of hydrogen-bond acceptors (Lipinski definition) is 4. The molecule has 0 aliphatic carbocycles. The lowest BCUT2D eigenvalue weighted by atomic mass is 10.3. The van der Waals surface area contributed by atoms with Crippen molar-refractivity contribution in [2.75, 3.05) is 0 Å². The van der Waals surface area contributed by atoms with Crippen LogP contribution in [0.4, 0.5) is 0 Å². The Bertz CT molecular complexity index is 557. The van der Waals surface area contributed by atoms with Gasteiger partial charge in [0.1, 0.15) is 5.69 Å². The molecule has 0 unspecified atom stereocenters. The standard InChI is InChI=1S/C12H9N3OS/c1-2-11-15-10(8-17-11)12(16)14-7-9-5-3-4-6-13-9/h1,3-6,8H,7H2,(H,14,16). The highest BCUT2D eigenvalue weighted by Crippen LogP contribution is 2.08. The number of rotatable bonds is 3. The number of amides is 1. The Morgan fingerprint density at radius 2 is 2.41 bits per heavy atom. The van der Waals surface area contributed by atoms with Crippen LogP contribution in [0.5, 0.6) is 0 Å². The second kappa shape index (κ2) is 5.23. The van der Waals surface area contributed by atoms with E-state index in [0.29, 0.717) is 17.2 Å². The summed E-state index contributed by atoms with van der Waals surface area (Å²) >= 11 is 1.28. The normalized spacial score (nSPS) is 9.59. The van der Waals surface area contributed by atoms with Gasteiger partial charge in [0.2, 0.25) is 0 Å². The minimum absolute atomic E-state index is 0.242. The lowest BCUT2D eigenvalue weighted by Crippen LogP contribution is -2.23. The third-order valence-corrected chi connectivity index (χ3v) is 2.79. The summed E-state index contributed by atoms with van der Waals surface area (Å²) in [6.45, 7) is 0.378. The monoisotopic (exact) mass is 243 g/mol. The van der Waals surface area contributed by atoms with Crippen LogP contribution < -0.4 is 5.32 Å². The van der Waals surface area contributed by atoms with Gasteiger partial charge >= 0.3 is 0 Å². The Hall–Kier alpha value is -2.19. The van der Waals surface area contributed by atoms with Crippen molar-refractivity contribution in [3.63, 3.8) is 0 Å².